The summed E-state index contributed by atoms with van der Waals surface area (Å²) in [6, 6.07) is 3.55. The van der Waals surface area contributed by atoms with Crippen LogP contribution in [-0.2, 0) is 24.8 Å². The summed E-state index contributed by atoms with van der Waals surface area (Å²) in [5, 5.41) is 4.08. The SMILES string of the molecule is CCCN(Cc1cnn(C)c1)C(=O)Cc1ccc(F)c(F)c1. The Hall–Kier alpha value is -2.24. The molecule has 1 heterocycles. The van der Waals surface area contributed by atoms with E-state index >= 15 is 0 Å². The summed E-state index contributed by atoms with van der Waals surface area (Å²) in [4.78, 5) is 14.1. The van der Waals surface area contributed by atoms with Gasteiger partial charge in [0.1, 0.15) is 0 Å². The van der Waals surface area contributed by atoms with Crippen LogP contribution in [0.1, 0.15) is 24.5 Å². The molecule has 0 radical (unpaired) electrons. The first-order chi connectivity index (χ1) is 10.5. The number of hydrogen-bond donors (Lipinski definition) is 0. The van der Waals surface area contributed by atoms with Crippen LogP contribution in [0.3, 0.4) is 0 Å². The van der Waals surface area contributed by atoms with Crippen LogP contribution in [0.2, 0.25) is 0 Å². The summed E-state index contributed by atoms with van der Waals surface area (Å²) in [6.07, 6.45) is 4.45. The van der Waals surface area contributed by atoms with Gasteiger partial charge < -0.3 is 4.90 Å². The number of rotatable bonds is 6. The first kappa shape index (κ1) is 16.1. The summed E-state index contributed by atoms with van der Waals surface area (Å²) in [5.41, 5.74) is 1.41. The molecule has 6 heteroatoms. The van der Waals surface area contributed by atoms with Crippen LogP contribution in [0.25, 0.3) is 0 Å². The molecule has 0 bridgehead atoms. The molecule has 0 spiro atoms. The van der Waals surface area contributed by atoms with Crippen molar-refractivity contribution in [3.8, 4) is 0 Å². The Balaban J connectivity index is 2.06. The molecule has 0 saturated carbocycles. The molecule has 1 aromatic carbocycles. The second-order valence-corrected chi connectivity index (χ2v) is 5.26. The number of carbonyl (C=O) groups is 1. The zero-order valence-corrected chi connectivity index (χ0v) is 12.7. The maximum atomic E-state index is 13.2. The molecule has 2 aromatic rings. The highest BCUT2D eigenvalue weighted by Crippen LogP contribution is 2.12. The van der Waals surface area contributed by atoms with E-state index in [0.717, 1.165) is 24.1 Å². The molecule has 118 valence electrons. The predicted octanol–water partition coefficient (Wildman–Crippen LogP) is 2.68. The summed E-state index contributed by atoms with van der Waals surface area (Å²) in [6.45, 7) is 3.06. The molecule has 4 nitrogen and oxygen atoms in total. The zero-order valence-electron chi connectivity index (χ0n) is 12.7. The van der Waals surface area contributed by atoms with E-state index in [4.69, 9.17) is 0 Å². The molecule has 0 fully saturated rings. The monoisotopic (exact) mass is 307 g/mol. The van der Waals surface area contributed by atoms with Crippen LogP contribution < -0.4 is 0 Å². The van der Waals surface area contributed by atoms with E-state index in [1.165, 1.54) is 6.07 Å². The van der Waals surface area contributed by atoms with E-state index in [1.54, 1.807) is 15.8 Å². The second kappa shape index (κ2) is 7.15. The number of aryl methyl sites for hydroxylation is 1. The van der Waals surface area contributed by atoms with E-state index in [2.05, 4.69) is 5.10 Å². The summed E-state index contributed by atoms with van der Waals surface area (Å²) >= 11 is 0. The Labute approximate surface area is 128 Å². The third-order valence-electron chi connectivity index (χ3n) is 3.32. The molecule has 0 aliphatic heterocycles. The van der Waals surface area contributed by atoms with Crippen LogP contribution in [0, 0.1) is 11.6 Å². The molecule has 0 unspecified atom stereocenters. The Bertz CT molecular complexity index is 655. The van der Waals surface area contributed by atoms with Gasteiger partial charge >= 0.3 is 0 Å². The number of aromatic nitrogens is 2. The molecule has 0 aliphatic rings. The topological polar surface area (TPSA) is 38.1 Å². The van der Waals surface area contributed by atoms with Crippen molar-refractivity contribution in [2.45, 2.75) is 26.3 Å². The highest BCUT2D eigenvalue weighted by atomic mass is 19.2. The highest BCUT2D eigenvalue weighted by Gasteiger charge is 2.15. The van der Waals surface area contributed by atoms with E-state index in [-0.39, 0.29) is 12.3 Å². The van der Waals surface area contributed by atoms with Gasteiger partial charge in [-0.25, -0.2) is 8.78 Å². The first-order valence-electron chi connectivity index (χ1n) is 7.18. The number of hydrogen-bond acceptors (Lipinski definition) is 2. The number of amides is 1. The molecule has 0 aliphatic carbocycles. The Kier molecular flexibility index (Phi) is 5.25. The van der Waals surface area contributed by atoms with Crippen molar-refractivity contribution >= 4 is 5.91 Å². The molecular formula is C16H19F2N3O. The van der Waals surface area contributed by atoms with Gasteiger partial charge in [-0.3, -0.25) is 9.48 Å². The van der Waals surface area contributed by atoms with Gasteiger partial charge in [0.2, 0.25) is 5.91 Å². The fourth-order valence-electron chi connectivity index (χ4n) is 2.27. The minimum atomic E-state index is -0.931. The maximum absolute atomic E-state index is 13.2. The lowest BCUT2D eigenvalue weighted by Crippen LogP contribution is -2.32. The molecule has 0 saturated heterocycles. The fourth-order valence-corrected chi connectivity index (χ4v) is 2.27. The van der Waals surface area contributed by atoms with Gasteiger partial charge in [0.25, 0.3) is 0 Å². The van der Waals surface area contributed by atoms with Gasteiger partial charge in [0.05, 0.1) is 12.6 Å². The van der Waals surface area contributed by atoms with Crippen LogP contribution >= 0.6 is 0 Å². The Morgan fingerprint density at radius 2 is 2.05 bits per heavy atom. The lowest BCUT2D eigenvalue weighted by atomic mass is 10.1. The summed E-state index contributed by atoms with van der Waals surface area (Å²) in [7, 11) is 1.82. The van der Waals surface area contributed by atoms with Crippen molar-refractivity contribution in [2.24, 2.45) is 7.05 Å². The van der Waals surface area contributed by atoms with E-state index in [1.807, 2.05) is 20.2 Å². The Morgan fingerprint density at radius 3 is 2.64 bits per heavy atom. The van der Waals surface area contributed by atoms with Gasteiger partial charge in [-0.15, -0.1) is 0 Å². The van der Waals surface area contributed by atoms with Gasteiger partial charge in [-0.05, 0) is 24.1 Å². The Morgan fingerprint density at radius 1 is 1.27 bits per heavy atom. The molecule has 2 rings (SSSR count). The normalized spacial score (nSPS) is 10.7. The van der Waals surface area contributed by atoms with E-state index in [0.29, 0.717) is 18.7 Å². The van der Waals surface area contributed by atoms with Crippen molar-refractivity contribution in [2.75, 3.05) is 6.54 Å². The quantitative estimate of drug-likeness (QED) is 0.823. The predicted molar refractivity (Wildman–Crippen MR) is 79.0 cm³/mol. The minimum absolute atomic E-state index is 0.0530. The third-order valence-corrected chi connectivity index (χ3v) is 3.32. The van der Waals surface area contributed by atoms with Crippen molar-refractivity contribution in [3.05, 3.63) is 53.4 Å². The fraction of sp³-hybridized carbons (Fsp3) is 0.375. The van der Waals surface area contributed by atoms with Gasteiger partial charge in [-0.1, -0.05) is 13.0 Å². The third kappa shape index (κ3) is 4.13. The first-order valence-corrected chi connectivity index (χ1v) is 7.18. The van der Waals surface area contributed by atoms with Crippen molar-refractivity contribution < 1.29 is 13.6 Å². The van der Waals surface area contributed by atoms with Crippen LogP contribution in [0.15, 0.2) is 30.6 Å². The molecule has 0 atom stereocenters. The molecule has 0 N–H and O–H groups in total. The average Bonchev–Trinajstić information content (AvgIpc) is 2.88. The van der Waals surface area contributed by atoms with Gasteiger partial charge in [0, 0.05) is 31.9 Å². The number of nitrogens with zero attached hydrogens (tertiary/aromatic N) is 3. The number of halogens is 2. The van der Waals surface area contributed by atoms with E-state index < -0.39 is 11.6 Å². The zero-order chi connectivity index (χ0) is 16.1. The van der Waals surface area contributed by atoms with Crippen LogP contribution in [0.4, 0.5) is 8.78 Å². The minimum Gasteiger partial charge on any atom is -0.338 e. The van der Waals surface area contributed by atoms with Gasteiger partial charge in [0.15, 0.2) is 11.6 Å². The summed E-state index contributed by atoms with van der Waals surface area (Å²) in [5.74, 6) is -1.95. The average molecular weight is 307 g/mol. The number of benzene rings is 1. The molecule has 1 aromatic heterocycles. The van der Waals surface area contributed by atoms with Crippen LogP contribution in [0.5, 0.6) is 0 Å². The van der Waals surface area contributed by atoms with E-state index in [9.17, 15) is 13.6 Å². The van der Waals surface area contributed by atoms with Crippen LogP contribution in [-0.4, -0.2) is 27.1 Å². The highest BCUT2D eigenvalue weighted by molar-refractivity contribution is 5.78. The summed E-state index contributed by atoms with van der Waals surface area (Å²) < 4.78 is 27.8. The molecule has 1 amide bonds. The smallest absolute Gasteiger partial charge is 0.227 e. The van der Waals surface area contributed by atoms with Crippen molar-refractivity contribution in [1.29, 1.82) is 0 Å². The molecule has 22 heavy (non-hydrogen) atoms. The van der Waals surface area contributed by atoms with Gasteiger partial charge in [-0.2, -0.15) is 5.10 Å². The standard InChI is InChI=1S/C16H19F2N3O/c1-3-6-21(11-13-9-19-20(2)10-13)16(22)8-12-4-5-14(17)15(18)7-12/h4-5,7,9-10H,3,6,8,11H2,1-2H3. The lowest BCUT2D eigenvalue weighted by molar-refractivity contribution is -0.131. The maximum Gasteiger partial charge on any atom is 0.227 e. The molecular weight excluding hydrogens is 288 g/mol. The van der Waals surface area contributed by atoms with Crippen molar-refractivity contribution in [3.63, 3.8) is 0 Å². The van der Waals surface area contributed by atoms with Crippen molar-refractivity contribution in [1.82, 2.24) is 14.7 Å². The number of carbonyl (C=O) groups excluding carboxylic acids is 1. The lowest BCUT2D eigenvalue weighted by Gasteiger charge is -2.21. The largest absolute Gasteiger partial charge is 0.338 e. The second-order valence-electron chi connectivity index (χ2n) is 5.26.